The molecule has 1 N–H and O–H groups in total. The van der Waals surface area contributed by atoms with Crippen molar-refractivity contribution in [3.05, 3.63) is 0 Å². The molecule has 100 valence electrons. The number of nitrogens with zero attached hydrogens (tertiary/aromatic N) is 2. The SMILES string of the molecule is CN(C)C(=O)CCCNCCN1CCCCC1. The van der Waals surface area contributed by atoms with Crippen LogP contribution in [0.2, 0.25) is 0 Å². The van der Waals surface area contributed by atoms with Crippen LogP contribution in [0, 0.1) is 0 Å². The zero-order valence-electron chi connectivity index (χ0n) is 11.4. The van der Waals surface area contributed by atoms with Gasteiger partial charge in [0, 0.05) is 33.6 Å². The molecular weight excluding hydrogens is 214 g/mol. The van der Waals surface area contributed by atoms with E-state index in [1.807, 2.05) is 14.1 Å². The van der Waals surface area contributed by atoms with Crippen LogP contribution in [-0.2, 0) is 4.79 Å². The second-order valence-electron chi connectivity index (χ2n) is 5.04. The van der Waals surface area contributed by atoms with E-state index >= 15 is 0 Å². The molecule has 1 heterocycles. The highest BCUT2D eigenvalue weighted by molar-refractivity contribution is 5.75. The maximum absolute atomic E-state index is 11.3. The first-order valence-corrected chi connectivity index (χ1v) is 6.83. The van der Waals surface area contributed by atoms with E-state index in [1.54, 1.807) is 4.90 Å². The second-order valence-corrected chi connectivity index (χ2v) is 5.04. The van der Waals surface area contributed by atoms with Crippen LogP contribution < -0.4 is 5.32 Å². The lowest BCUT2D eigenvalue weighted by atomic mass is 10.1. The van der Waals surface area contributed by atoms with Crippen molar-refractivity contribution in [2.45, 2.75) is 32.1 Å². The summed E-state index contributed by atoms with van der Waals surface area (Å²) in [6.45, 7) is 5.69. The molecule has 1 fully saturated rings. The van der Waals surface area contributed by atoms with Crippen LogP contribution in [0.5, 0.6) is 0 Å². The molecule has 0 spiro atoms. The molecule has 1 saturated heterocycles. The quantitative estimate of drug-likeness (QED) is 0.674. The average molecular weight is 241 g/mol. The number of carbonyl (C=O) groups is 1. The van der Waals surface area contributed by atoms with E-state index in [0.717, 1.165) is 26.1 Å². The van der Waals surface area contributed by atoms with E-state index < -0.39 is 0 Å². The molecular formula is C13H27N3O. The molecule has 17 heavy (non-hydrogen) atoms. The van der Waals surface area contributed by atoms with E-state index in [1.165, 1.54) is 32.4 Å². The Morgan fingerprint density at radius 1 is 1.18 bits per heavy atom. The maximum atomic E-state index is 11.3. The molecule has 1 aliphatic heterocycles. The predicted molar refractivity (Wildman–Crippen MR) is 71.1 cm³/mol. The van der Waals surface area contributed by atoms with Crippen LogP contribution in [0.1, 0.15) is 32.1 Å². The zero-order valence-corrected chi connectivity index (χ0v) is 11.4. The topological polar surface area (TPSA) is 35.6 Å². The molecule has 0 atom stereocenters. The lowest BCUT2D eigenvalue weighted by Gasteiger charge is -2.26. The van der Waals surface area contributed by atoms with Gasteiger partial charge < -0.3 is 15.1 Å². The molecule has 0 aromatic carbocycles. The lowest BCUT2D eigenvalue weighted by Crippen LogP contribution is -2.36. The number of amides is 1. The molecule has 1 rings (SSSR count). The van der Waals surface area contributed by atoms with Gasteiger partial charge in [0.15, 0.2) is 0 Å². The number of hydrogen-bond acceptors (Lipinski definition) is 3. The van der Waals surface area contributed by atoms with E-state index in [4.69, 9.17) is 0 Å². The molecule has 0 saturated carbocycles. The number of carbonyl (C=O) groups excluding carboxylic acids is 1. The van der Waals surface area contributed by atoms with Crippen LogP contribution in [-0.4, -0.2) is 62.5 Å². The highest BCUT2D eigenvalue weighted by Gasteiger charge is 2.08. The fourth-order valence-electron chi connectivity index (χ4n) is 2.13. The van der Waals surface area contributed by atoms with Gasteiger partial charge in [-0.1, -0.05) is 6.42 Å². The lowest BCUT2D eigenvalue weighted by molar-refractivity contribution is -0.128. The summed E-state index contributed by atoms with van der Waals surface area (Å²) in [5.41, 5.74) is 0. The van der Waals surface area contributed by atoms with Crippen molar-refractivity contribution >= 4 is 5.91 Å². The van der Waals surface area contributed by atoms with Crippen molar-refractivity contribution in [2.75, 3.05) is 46.8 Å². The van der Waals surface area contributed by atoms with Crippen molar-refractivity contribution < 1.29 is 4.79 Å². The standard InChI is InChI=1S/C13H27N3O/c1-15(2)13(17)7-6-8-14-9-12-16-10-4-3-5-11-16/h14H,3-12H2,1-2H3. The number of rotatable bonds is 7. The highest BCUT2D eigenvalue weighted by atomic mass is 16.2. The third-order valence-corrected chi connectivity index (χ3v) is 3.30. The molecule has 1 amide bonds. The summed E-state index contributed by atoms with van der Waals surface area (Å²) >= 11 is 0. The maximum Gasteiger partial charge on any atom is 0.222 e. The second kappa shape index (κ2) is 8.48. The summed E-state index contributed by atoms with van der Waals surface area (Å²) in [6, 6.07) is 0. The fourth-order valence-corrected chi connectivity index (χ4v) is 2.13. The molecule has 0 radical (unpaired) electrons. The monoisotopic (exact) mass is 241 g/mol. The Morgan fingerprint density at radius 2 is 1.88 bits per heavy atom. The Labute approximate surface area is 105 Å². The normalized spacial score (nSPS) is 17.1. The van der Waals surface area contributed by atoms with Gasteiger partial charge in [0.05, 0.1) is 0 Å². The smallest absolute Gasteiger partial charge is 0.222 e. The zero-order chi connectivity index (χ0) is 12.5. The van der Waals surface area contributed by atoms with E-state index in [9.17, 15) is 4.79 Å². The Bertz CT molecular complexity index is 213. The van der Waals surface area contributed by atoms with Gasteiger partial charge in [-0.25, -0.2) is 0 Å². The number of hydrogen-bond donors (Lipinski definition) is 1. The van der Waals surface area contributed by atoms with Crippen molar-refractivity contribution in [1.29, 1.82) is 0 Å². The van der Waals surface area contributed by atoms with Crippen molar-refractivity contribution in [2.24, 2.45) is 0 Å². The van der Waals surface area contributed by atoms with Gasteiger partial charge in [-0.15, -0.1) is 0 Å². The Kier molecular flexibility index (Phi) is 7.21. The van der Waals surface area contributed by atoms with Gasteiger partial charge in [0.1, 0.15) is 0 Å². The molecule has 0 bridgehead atoms. The van der Waals surface area contributed by atoms with Crippen molar-refractivity contribution in [1.82, 2.24) is 15.1 Å². The van der Waals surface area contributed by atoms with Crippen LogP contribution in [0.3, 0.4) is 0 Å². The van der Waals surface area contributed by atoms with Gasteiger partial charge in [0.2, 0.25) is 5.91 Å². The average Bonchev–Trinajstić information content (AvgIpc) is 2.34. The third kappa shape index (κ3) is 6.64. The molecule has 0 unspecified atom stereocenters. The molecule has 4 heteroatoms. The van der Waals surface area contributed by atoms with Gasteiger partial charge >= 0.3 is 0 Å². The summed E-state index contributed by atoms with van der Waals surface area (Å²) in [4.78, 5) is 15.5. The molecule has 4 nitrogen and oxygen atoms in total. The minimum Gasteiger partial charge on any atom is -0.349 e. The van der Waals surface area contributed by atoms with Crippen LogP contribution in [0.15, 0.2) is 0 Å². The summed E-state index contributed by atoms with van der Waals surface area (Å²) in [5, 5.41) is 3.41. The van der Waals surface area contributed by atoms with Crippen LogP contribution in [0.4, 0.5) is 0 Å². The highest BCUT2D eigenvalue weighted by Crippen LogP contribution is 2.07. The van der Waals surface area contributed by atoms with Crippen LogP contribution in [0.25, 0.3) is 0 Å². The summed E-state index contributed by atoms with van der Waals surface area (Å²) in [5.74, 6) is 0.225. The molecule has 0 aromatic rings. The number of likely N-dealkylation sites (tertiary alicyclic amines) is 1. The first-order valence-electron chi connectivity index (χ1n) is 6.83. The van der Waals surface area contributed by atoms with E-state index in [-0.39, 0.29) is 5.91 Å². The Hall–Kier alpha value is -0.610. The minimum absolute atomic E-state index is 0.225. The fraction of sp³-hybridized carbons (Fsp3) is 0.923. The number of nitrogens with one attached hydrogen (secondary N) is 1. The molecule has 1 aliphatic rings. The van der Waals surface area contributed by atoms with E-state index in [0.29, 0.717) is 6.42 Å². The Morgan fingerprint density at radius 3 is 2.53 bits per heavy atom. The Balaban J connectivity index is 1.88. The van der Waals surface area contributed by atoms with Crippen LogP contribution >= 0.6 is 0 Å². The van der Waals surface area contributed by atoms with Gasteiger partial charge in [-0.3, -0.25) is 4.79 Å². The molecule has 0 aromatic heterocycles. The summed E-state index contributed by atoms with van der Waals surface area (Å²) in [6.07, 6.45) is 5.71. The molecule has 0 aliphatic carbocycles. The van der Waals surface area contributed by atoms with Crippen molar-refractivity contribution in [3.8, 4) is 0 Å². The van der Waals surface area contributed by atoms with Gasteiger partial charge in [0.25, 0.3) is 0 Å². The van der Waals surface area contributed by atoms with Gasteiger partial charge in [-0.2, -0.15) is 0 Å². The summed E-state index contributed by atoms with van der Waals surface area (Å²) < 4.78 is 0. The third-order valence-electron chi connectivity index (χ3n) is 3.30. The largest absolute Gasteiger partial charge is 0.349 e. The minimum atomic E-state index is 0.225. The first-order chi connectivity index (χ1) is 8.20. The summed E-state index contributed by atoms with van der Waals surface area (Å²) in [7, 11) is 3.62. The first kappa shape index (κ1) is 14.5. The predicted octanol–water partition coefficient (Wildman–Crippen LogP) is 0.930. The van der Waals surface area contributed by atoms with Gasteiger partial charge in [-0.05, 0) is 38.9 Å². The number of piperidine rings is 1. The van der Waals surface area contributed by atoms with Crippen molar-refractivity contribution in [3.63, 3.8) is 0 Å². The van der Waals surface area contributed by atoms with E-state index in [2.05, 4.69) is 10.2 Å².